The number of nitrogens with zero attached hydrogens (tertiary/aromatic N) is 1. The number of rotatable bonds is 4. The summed E-state index contributed by atoms with van der Waals surface area (Å²) in [7, 11) is 1.57. The lowest BCUT2D eigenvalue weighted by Crippen LogP contribution is -2.47. The predicted molar refractivity (Wildman–Crippen MR) is 99.7 cm³/mol. The Morgan fingerprint density at radius 1 is 1.15 bits per heavy atom. The molecule has 4 rings (SSSR count). The van der Waals surface area contributed by atoms with E-state index < -0.39 is 17.5 Å². The second-order valence-electron chi connectivity index (χ2n) is 6.71. The summed E-state index contributed by atoms with van der Waals surface area (Å²) in [6.45, 7) is 2.00. The summed E-state index contributed by atoms with van der Waals surface area (Å²) < 4.78 is 6.79. The molecule has 3 aromatic rings. The van der Waals surface area contributed by atoms with Gasteiger partial charge in [0.05, 0.1) is 13.7 Å². The van der Waals surface area contributed by atoms with Crippen LogP contribution < -0.4 is 15.4 Å². The van der Waals surface area contributed by atoms with Crippen molar-refractivity contribution in [2.24, 2.45) is 0 Å². The van der Waals surface area contributed by atoms with Crippen LogP contribution in [-0.2, 0) is 16.9 Å². The summed E-state index contributed by atoms with van der Waals surface area (Å²) in [6, 6.07) is 12.1. The van der Waals surface area contributed by atoms with E-state index >= 15 is 0 Å². The van der Waals surface area contributed by atoms with E-state index in [4.69, 9.17) is 4.74 Å². The summed E-state index contributed by atoms with van der Waals surface area (Å²) in [4.78, 5) is 24.6. The van der Waals surface area contributed by atoms with Gasteiger partial charge in [-0.05, 0) is 30.7 Å². The van der Waals surface area contributed by atoms with E-state index in [2.05, 4.69) is 10.6 Å². The molecule has 138 valence electrons. The van der Waals surface area contributed by atoms with Crippen molar-refractivity contribution in [1.29, 1.82) is 0 Å². The number of methoxy groups -OCH3 is 1. The second-order valence-corrected chi connectivity index (χ2v) is 6.71. The van der Waals surface area contributed by atoms with E-state index in [9.17, 15) is 14.7 Å². The molecule has 2 aromatic carbocycles. The average Bonchev–Trinajstić information content (AvgIpc) is 3.11. The Bertz CT molecular complexity index is 1060. The van der Waals surface area contributed by atoms with Gasteiger partial charge in [0.2, 0.25) is 0 Å². The Kier molecular flexibility index (Phi) is 3.80. The number of hydrogen-bond donors (Lipinski definition) is 3. The van der Waals surface area contributed by atoms with Gasteiger partial charge in [0.15, 0.2) is 11.4 Å². The second kappa shape index (κ2) is 6.05. The third-order valence-electron chi connectivity index (χ3n) is 4.96. The van der Waals surface area contributed by atoms with Crippen LogP contribution >= 0.6 is 0 Å². The van der Waals surface area contributed by atoms with Gasteiger partial charge in [0.1, 0.15) is 5.75 Å². The van der Waals surface area contributed by atoms with Crippen LogP contribution in [0.5, 0.6) is 11.6 Å². The van der Waals surface area contributed by atoms with Crippen LogP contribution in [0.3, 0.4) is 0 Å². The molecule has 1 fully saturated rings. The molecular formula is C20H19N3O4. The number of urea groups is 1. The third-order valence-corrected chi connectivity index (χ3v) is 4.96. The van der Waals surface area contributed by atoms with E-state index in [0.717, 1.165) is 10.9 Å². The highest BCUT2D eigenvalue weighted by atomic mass is 16.5. The number of ether oxygens (including phenoxy) is 1. The molecule has 1 aliphatic heterocycles. The van der Waals surface area contributed by atoms with Crippen molar-refractivity contribution in [3.63, 3.8) is 0 Å². The number of hydrogen-bond acceptors (Lipinski definition) is 4. The molecule has 0 radical (unpaired) electrons. The molecule has 7 heteroatoms. The molecule has 1 aromatic heterocycles. The van der Waals surface area contributed by atoms with Crippen LogP contribution in [-0.4, -0.2) is 28.7 Å². The smallest absolute Gasteiger partial charge is 0.322 e. The molecule has 1 unspecified atom stereocenters. The Labute approximate surface area is 155 Å². The maximum Gasteiger partial charge on any atom is 0.322 e. The molecule has 0 bridgehead atoms. The molecule has 0 saturated carbocycles. The maximum atomic E-state index is 12.7. The molecule has 2 heterocycles. The van der Waals surface area contributed by atoms with Crippen molar-refractivity contribution in [2.45, 2.75) is 19.0 Å². The fraction of sp³-hybridized carbons (Fsp3) is 0.200. The molecule has 1 aliphatic rings. The SMILES string of the molecule is COc1ccc2c(O)n(CC3(c4ccc(C)cc4)NC(=O)NC3=O)cc2c1. The standard InChI is InChI=1S/C20H19N3O4/c1-12-3-5-14(6-4-12)20(18(25)21-19(26)22-20)11-23-10-13-9-15(27-2)7-8-16(13)17(23)24/h3-10,24H,11H2,1-2H3,(H2,21,22,25,26). The predicted octanol–water partition coefficient (Wildman–Crippen LogP) is 2.40. The van der Waals surface area contributed by atoms with Crippen molar-refractivity contribution in [3.05, 3.63) is 59.8 Å². The van der Waals surface area contributed by atoms with Gasteiger partial charge >= 0.3 is 6.03 Å². The lowest BCUT2D eigenvalue weighted by molar-refractivity contribution is -0.124. The molecule has 3 amide bonds. The normalized spacial score (nSPS) is 19.2. The van der Waals surface area contributed by atoms with Gasteiger partial charge in [0.25, 0.3) is 5.91 Å². The van der Waals surface area contributed by atoms with Crippen LogP contribution in [0.4, 0.5) is 4.79 Å². The van der Waals surface area contributed by atoms with Gasteiger partial charge in [-0.3, -0.25) is 10.1 Å². The van der Waals surface area contributed by atoms with Crippen LogP contribution in [0, 0.1) is 6.92 Å². The van der Waals surface area contributed by atoms with E-state index in [1.54, 1.807) is 36.1 Å². The highest BCUT2D eigenvalue weighted by molar-refractivity contribution is 6.07. The number of carbonyl (C=O) groups excluding carboxylic acids is 2. The van der Waals surface area contributed by atoms with Crippen molar-refractivity contribution in [1.82, 2.24) is 15.2 Å². The first-order chi connectivity index (χ1) is 12.9. The number of fused-ring (bicyclic) bond motifs is 1. The molecule has 0 aliphatic carbocycles. The lowest BCUT2D eigenvalue weighted by atomic mass is 9.89. The van der Waals surface area contributed by atoms with Gasteiger partial charge < -0.3 is 19.7 Å². The van der Waals surface area contributed by atoms with Crippen LogP contribution in [0.2, 0.25) is 0 Å². The fourth-order valence-electron chi connectivity index (χ4n) is 3.47. The summed E-state index contributed by atoms with van der Waals surface area (Å²) in [6.07, 6.45) is 1.74. The van der Waals surface area contributed by atoms with Crippen LogP contribution in [0.15, 0.2) is 48.7 Å². The topological polar surface area (TPSA) is 92.6 Å². The third kappa shape index (κ3) is 2.68. The Morgan fingerprint density at radius 3 is 2.52 bits per heavy atom. The minimum atomic E-state index is -1.30. The van der Waals surface area contributed by atoms with Crippen molar-refractivity contribution >= 4 is 22.7 Å². The number of carbonyl (C=O) groups is 2. The quantitative estimate of drug-likeness (QED) is 0.619. The number of aromatic hydroxyl groups is 1. The molecular weight excluding hydrogens is 346 g/mol. The number of benzene rings is 2. The van der Waals surface area contributed by atoms with Gasteiger partial charge in [-0.15, -0.1) is 0 Å². The van der Waals surface area contributed by atoms with Crippen LogP contribution in [0.25, 0.3) is 10.8 Å². The van der Waals surface area contributed by atoms with Crippen molar-refractivity contribution in [3.8, 4) is 11.6 Å². The lowest BCUT2D eigenvalue weighted by Gasteiger charge is -2.27. The van der Waals surface area contributed by atoms with Crippen molar-refractivity contribution in [2.75, 3.05) is 7.11 Å². The Balaban J connectivity index is 1.82. The van der Waals surface area contributed by atoms with Gasteiger partial charge in [-0.2, -0.15) is 0 Å². The maximum absolute atomic E-state index is 12.7. The first-order valence-electron chi connectivity index (χ1n) is 8.49. The molecule has 0 spiro atoms. The monoisotopic (exact) mass is 365 g/mol. The largest absolute Gasteiger partial charge is 0.497 e. The highest BCUT2D eigenvalue weighted by Gasteiger charge is 2.48. The van der Waals surface area contributed by atoms with Crippen molar-refractivity contribution < 1.29 is 19.4 Å². The molecule has 27 heavy (non-hydrogen) atoms. The van der Waals surface area contributed by atoms with Gasteiger partial charge in [-0.25, -0.2) is 4.79 Å². The fourth-order valence-corrected chi connectivity index (χ4v) is 3.47. The first-order valence-corrected chi connectivity index (χ1v) is 8.49. The Morgan fingerprint density at radius 2 is 1.89 bits per heavy atom. The summed E-state index contributed by atoms with van der Waals surface area (Å²) in [5.74, 6) is 0.235. The van der Waals surface area contributed by atoms with Gasteiger partial charge in [0, 0.05) is 17.0 Å². The Hall–Kier alpha value is -3.48. The summed E-state index contributed by atoms with van der Waals surface area (Å²) in [5, 5.41) is 17.1. The minimum Gasteiger partial charge on any atom is -0.497 e. The zero-order valence-electron chi connectivity index (χ0n) is 14.9. The highest BCUT2D eigenvalue weighted by Crippen LogP contribution is 2.34. The number of amides is 3. The molecule has 7 nitrogen and oxygen atoms in total. The first kappa shape index (κ1) is 17.0. The molecule has 1 atom stereocenters. The van der Waals surface area contributed by atoms with Gasteiger partial charge in [-0.1, -0.05) is 29.8 Å². The van der Waals surface area contributed by atoms with E-state index in [1.807, 2.05) is 31.2 Å². The summed E-state index contributed by atoms with van der Waals surface area (Å²) in [5.41, 5.74) is 0.382. The zero-order chi connectivity index (χ0) is 19.2. The zero-order valence-corrected chi connectivity index (χ0v) is 14.9. The van der Waals surface area contributed by atoms with Crippen LogP contribution in [0.1, 0.15) is 11.1 Å². The summed E-state index contributed by atoms with van der Waals surface area (Å²) >= 11 is 0. The average molecular weight is 365 g/mol. The molecule has 1 saturated heterocycles. The number of aryl methyl sites for hydroxylation is 1. The minimum absolute atomic E-state index is 0.0214. The van der Waals surface area contributed by atoms with E-state index in [-0.39, 0.29) is 12.4 Å². The number of nitrogens with one attached hydrogen (secondary N) is 2. The van der Waals surface area contributed by atoms with E-state index in [0.29, 0.717) is 16.7 Å². The molecule has 3 N–H and O–H groups in total. The van der Waals surface area contributed by atoms with E-state index in [1.165, 1.54) is 0 Å². The number of imide groups is 1. The number of aromatic nitrogens is 1.